The number of rotatable bonds is 3. The summed E-state index contributed by atoms with van der Waals surface area (Å²) in [6.07, 6.45) is 2.89. The highest BCUT2D eigenvalue weighted by Gasteiger charge is 2.48. The quantitative estimate of drug-likeness (QED) is 0.403. The molecule has 1 aromatic heterocycles. The fourth-order valence-corrected chi connectivity index (χ4v) is 3.30. The predicted molar refractivity (Wildman–Crippen MR) is 105 cm³/mol. The maximum Gasteiger partial charge on any atom is 0.302 e. The number of Topliss-reactive ketones (excluding diaryl/α,β-unsaturated/α-hetero) is 1. The molecule has 1 aliphatic heterocycles. The zero-order chi connectivity index (χ0) is 20.5. The minimum atomic E-state index is -0.972. The number of halogens is 2. The molecule has 1 atom stereocenters. The number of hydrogen-bond acceptors (Lipinski definition) is 5. The molecule has 0 bridgehead atoms. The molecule has 3 aromatic rings. The lowest BCUT2D eigenvalue weighted by Crippen LogP contribution is -2.31. The summed E-state index contributed by atoms with van der Waals surface area (Å²) in [4.78, 5) is 35.0. The highest BCUT2D eigenvalue weighted by Crippen LogP contribution is 2.41. The van der Waals surface area contributed by atoms with Crippen molar-refractivity contribution >= 4 is 35.0 Å². The molecule has 2 aromatic carbocycles. The van der Waals surface area contributed by atoms with Crippen molar-refractivity contribution in [1.82, 2.24) is 9.97 Å². The van der Waals surface area contributed by atoms with E-state index in [0.29, 0.717) is 10.6 Å². The molecule has 1 aliphatic rings. The first-order chi connectivity index (χ1) is 14.0. The van der Waals surface area contributed by atoms with Crippen LogP contribution in [0, 0.1) is 5.82 Å². The van der Waals surface area contributed by atoms with Crippen molar-refractivity contribution in [3.05, 3.63) is 94.5 Å². The van der Waals surface area contributed by atoms with Crippen molar-refractivity contribution in [2.45, 2.75) is 6.04 Å². The Labute approximate surface area is 169 Å². The van der Waals surface area contributed by atoms with Crippen LogP contribution in [0.1, 0.15) is 17.2 Å². The Hall–Kier alpha value is -3.58. The average Bonchev–Trinajstić information content (AvgIpc) is 3.00. The summed E-state index contributed by atoms with van der Waals surface area (Å²) in [6, 6.07) is 12.1. The number of aliphatic hydroxyl groups is 1. The number of benzene rings is 2. The molecule has 0 saturated carbocycles. The van der Waals surface area contributed by atoms with Crippen molar-refractivity contribution in [1.29, 1.82) is 0 Å². The fourth-order valence-electron chi connectivity index (χ4n) is 3.18. The average molecular weight is 410 g/mol. The van der Waals surface area contributed by atoms with Gasteiger partial charge in [-0.2, -0.15) is 0 Å². The third kappa shape index (κ3) is 3.36. The fraction of sp³-hybridized carbons (Fsp3) is 0.0476. The van der Waals surface area contributed by atoms with Gasteiger partial charge in [-0.05, 0) is 48.0 Å². The van der Waals surface area contributed by atoms with E-state index in [4.69, 9.17) is 11.6 Å². The monoisotopic (exact) mass is 409 g/mol. The molecule has 1 N–H and O–H groups in total. The molecule has 2 heterocycles. The number of nitrogens with zero attached hydrogens (tertiary/aromatic N) is 3. The first-order valence-corrected chi connectivity index (χ1v) is 8.94. The summed E-state index contributed by atoms with van der Waals surface area (Å²) in [7, 11) is 0. The number of carbonyl (C=O) groups is 2. The van der Waals surface area contributed by atoms with Crippen LogP contribution < -0.4 is 4.90 Å². The van der Waals surface area contributed by atoms with Crippen LogP contribution in [0.15, 0.2) is 72.6 Å². The number of anilines is 1. The molecule has 1 fully saturated rings. The van der Waals surface area contributed by atoms with Gasteiger partial charge in [0.2, 0.25) is 5.95 Å². The molecule has 0 aliphatic carbocycles. The van der Waals surface area contributed by atoms with E-state index in [1.54, 1.807) is 30.3 Å². The van der Waals surface area contributed by atoms with Crippen molar-refractivity contribution in [2.24, 2.45) is 0 Å². The Bertz CT molecular complexity index is 1120. The molecule has 6 nitrogen and oxygen atoms in total. The molecular weight excluding hydrogens is 397 g/mol. The standard InChI is InChI=1S/C21H13ClFN3O3/c22-14-6-2-12(3-7-14)17-16(18(27)13-4-8-15(23)9-5-13)19(28)20(29)26(17)21-24-10-1-11-25-21/h1-11,17,27H/b18-16+/t17-/m0/s1. The third-order valence-electron chi connectivity index (χ3n) is 4.52. The number of amides is 1. The van der Waals surface area contributed by atoms with E-state index >= 15 is 0 Å². The van der Waals surface area contributed by atoms with Gasteiger partial charge in [-0.3, -0.25) is 14.5 Å². The van der Waals surface area contributed by atoms with Crippen molar-refractivity contribution in [3.8, 4) is 0 Å². The Morgan fingerprint density at radius 2 is 1.62 bits per heavy atom. The second kappa shape index (κ2) is 7.44. The van der Waals surface area contributed by atoms with Gasteiger partial charge in [0.1, 0.15) is 11.6 Å². The first kappa shape index (κ1) is 18.8. The van der Waals surface area contributed by atoms with Gasteiger partial charge in [0, 0.05) is 23.0 Å². The summed E-state index contributed by atoms with van der Waals surface area (Å²) in [5, 5.41) is 11.3. The summed E-state index contributed by atoms with van der Waals surface area (Å²) in [5.74, 6) is -2.65. The van der Waals surface area contributed by atoms with E-state index in [1.807, 2.05) is 0 Å². The topological polar surface area (TPSA) is 83.4 Å². The molecule has 29 heavy (non-hydrogen) atoms. The molecule has 4 rings (SSSR count). The highest BCUT2D eigenvalue weighted by molar-refractivity contribution is 6.51. The second-order valence-electron chi connectivity index (χ2n) is 6.28. The highest BCUT2D eigenvalue weighted by atomic mass is 35.5. The van der Waals surface area contributed by atoms with Crippen LogP contribution in [0.2, 0.25) is 5.02 Å². The van der Waals surface area contributed by atoms with Gasteiger partial charge >= 0.3 is 5.91 Å². The summed E-state index contributed by atoms with van der Waals surface area (Å²) in [6.45, 7) is 0. The molecule has 144 valence electrons. The Morgan fingerprint density at radius 1 is 1.00 bits per heavy atom. The van der Waals surface area contributed by atoms with E-state index in [2.05, 4.69) is 9.97 Å². The van der Waals surface area contributed by atoms with Crippen LogP contribution in [0.25, 0.3) is 5.76 Å². The molecule has 8 heteroatoms. The molecule has 0 spiro atoms. The maximum atomic E-state index is 13.3. The zero-order valence-electron chi connectivity index (χ0n) is 14.8. The van der Waals surface area contributed by atoms with E-state index < -0.39 is 29.3 Å². The molecule has 0 unspecified atom stereocenters. The summed E-state index contributed by atoms with van der Waals surface area (Å²) in [5.41, 5.74) is 0.596. The molecular formula is C21H13ClFN3O3. The number of hydrogen-bond donors (Lipinski definition) is 1. The van der Waals surface area contributed by atoms with Crippen LogP contribution in [-0.4, -0.2) is 26.8 Å². The van der Waals surface area contributed by atoms with Gasteiger partial charge in [-0.25, -0.2) is 14.4 Å². The normalized spacial score (nSPS) is 18.3. The lowest BCUT2D eigenvalue weighted by Gasteiger charge is -2.23. The number of aromatic nitrogens is 2. The van der Waals surface area contributed by atoms with E-state index in [-0.39, 0.29) is 17.1 Å². The van der Waals surface area contributed by atoms with Crippen molar-refractivity contribution in [2.75, 3.05) is 4.90 Å². The SMILES string of the molecule is O=C1C(=O)N(c2ncccn2)[C@@H](c2ccc(Cl)cc2)/C1=C(\O)c1ccc(F)cc1. The van der Waals surface area contributed by atoms with Gasteiger partial charge in [-0.15, -0.1) is 0 Å². The van der Waals surface area contributed by atoms with Crippen molar-refractivity contribution in [3.63, 3.8) is 0 Å². The van der Waals surface area contributed by atoms with Gasteiger partial charge in [0.05, 0.1) is 11.6 Å². The molecule has 1 saturated heterocycles. The maximum absolute atomic E-state index is 13.3. The van der Waals surface area contributed by atoms with Crippen LogP contribution in [0.3, 0.4) is 0 Å². The summed E-state index contributed by atoms with van der Waals surface area (Å²) >= 11 is 5.97. The first-order valence-electron chi connectivity index (χ1n) is 8.57. The van der Waals surface area contributed by atoms with Crippen LogP contribution in [0.4, 0.5) is 10.3 Å². The van der Waals surface area contributed by atoms with E-state index in [9.17, 15) is 19.1 Å². The largest absolute Gasteiger partial charge is 0.507 e. The van der Waals surface area contributed by atoms with Crippen LogP contribution in [0.5, 0.6) is 0 Å². The minimum Gasteiger partial charge on any atom is -0.507 e. The molecule has 0 radical (unpaired) electrons. The Morgan fingerprint density at radius 3 is 2.24 bits per heavy atom. The van der Waals surface area contributed by atoms with Crippen LogP contribution >= 0.6 is 11.6 Å². The minimum absolute atomic E-state index is 0.0210. The van der Waals surface area contributed by atoms with Gasteiger partial charge in [0.25, 0.3) is 5.78 Å². The Balaban J connectivity index is 1.94. The number of ketones is 1. The van der Waals surface area contributed by atoms with E-state index in [1.165, 1.54) is 24.5 Å². The lowest BCUT2D eigenvalue weighted by atomic mass is 9.95. The molecule has 1 amide bonds. The lowest BCUT2D eigenvalue weighted by molar-refractivity contribution is -0.132. The smallest absolute Gasteiger partial charge is 0.302 e. The van der Waals surface area contributed by atoms with E-state index in [0.717, 1.165) is 17.0 Å². The Kier molecular flexibility index (Phi) is 4.82. The summed E-state index contributed by atoms with van der Waals surface area (Å²) < 4.78 is 13.3. The second-order valence-corrected chi connectivity index (χ2v) is 6.71. The number of aliphatic hydroxyl groups excluding tert-OH is 1. The van der Waals surface area contributed by atoms with Crippen LogP contribution in [-0.2, 0) is 9.59 Å². The van der Waals surface area contributed by atoms with Gasteiger partial charge < -0.3 is 5.11 Å². The predicted octanol–water partition coefficient (Wildman–Crippen LogP) is 3.90. The van der Waals surface area contributed by atoms with Gasteiger partial charge in [0.15, 0.2) is 0 Å². The van der Waals surface area contributed by atoms with Gasteiger partial charge in [-0.1, -0.05) is 23.7 Å². The number of carbonyl (C=O) groups excluding carboxylic acids is 2. The third-order valence-corrected chi connectivity index (χ3v) is 4.77. The zero-order valence-corrected chi connectivity index (χ0v) is 15.5. The van der Waals surface area contributed by atoms with Crippen molar-refractivity contribution < 1.29 is 19.1 Å².